The van der Waals surface area contributed by atoms with Gasteiger partial charge < -0.3 is 4.74 Å². The molecule has 0 aromatic carbocycles. The minimum absolute atomic E-state index is 0.250. The SMILES string of the molecule is C#Cc1cccnc1N1CC2(CC2)OC1=O.c1ncc2cc1-2. The fourth-order valence-corrected chi connectivity index (χ4v) is 2.46. The smallest absolute Gasteiger partial charge is 0.416 e. The molecule has 1 spiro atoms. The Morgan fingerprint density at radius 2 is 2.09 bits per heavy atom. The van der Waals surface area contributed by atoms with E-state index in [1.807, 2.05) is 12.4 Å². The average molecular weight is 291 g/mol. The molecule has 1 amide bonds. The number of ether oxygens (including phenoxy) is 1. The second kappa shape index (κ2) is 4.57. The van der Waals surface area contributed by atoms with E-state index in [9.17, 15) is 4.79 Å². The van der Waals surface area contributed by atoms with Gasteiger partial charge in [0.25, 0.3) is 0 Å². The molecule has 0 atom stereocenters. The van der Waals surface area contributed by atoms with Crippen molar-refractivity contribution in [1.82, 2.24) is 9.97 Å². The molecule has 2 aliphatic heterocycles. The van der Waals surface area contributed by atoms with Crippen molar-refractivity contribution >= 4 is 11.9 Å². The van der Waals surface area contributed by atoms with Gasteiger partial charge in [0.05, 0.1) is 12.1 Å². The van der Waals surface area contributed by atoms with Crippen LogP contribution in [0.25, 0.3) is 11.1 Å². The predicted molar refractivity (Wildman–Crippen MR) is 81.2 cm³/mol. The number of terminal acetylenes is 1. The number of anilines is 1. The van der Waals surface area contributed by atoms with Crippen LogP contribution < -0.4 is 4.90 Å². The Kier molecular flexibility index (Phi) is 2.67. The first kappa shape index (κ1) is 12.8. The number of amides is 1. The highest BCUT2D eigenvalue weighted by atomic mass is 16.6. The molecule has 108 valence electrons. The predicted octanol–water partition coefficient (Wildman–Crippen LogP) is 2.61. The standard InChI is InChI=1S/C12H10N2O2.C5H3N/c1-2-9-4-3-7-13-10(9)14-8-12(5-6-12)16-11(14)15;1-4-2-6-3-5(1)4/h1,3-4,7H,5-6,8H2;1-3H. The molecule has 0 bridgehead atoms. The Hall–Kier alpha value is -2.87. The molecule has 0 N–H and O–H groups in total. The Bertz CT molecular complexity index is 788. The molecule has 1 saturated heterocycles. The molecule has 1 aromatic rings. The van der Waals surface area contributed by atoms with Gasteiger partial charge in [-0.1, -0.05) is 5.92 Å². The summed E-state index contributed by atoms with van der Waals surface area (Å²) in [5.74, 6) is 3.06. The Morgan fingerprint density at radius 1 is 1.32 bits per heavy atom. The quantitative estimate of drug-likeness (QED) is 0.647. The molecule has 22 heavy (non-hydrogen) atoms. The lowest BCUT2D eigenvalue weighted by Crippen LogP contribution is -2.26. The van der Waals surface area contributed by atoms with Gasteiger partial charge >= 0.3 is 6.09 Å². The minimum Gasteiger partial charge on any atom is -0.441 e. The third-order valence-electron chi connectivity index (χ3n) is 3.96. The van der Waals surface area contributed by atoms with Gasteiger partial charge in [-0.05, 0) is 31.0 Å². The Morgan fingerprint density at radius 3 is 2.59 bits per heavy atom. The number of carbonyl (C=O) groups excluding carboxylic acids is 1. The molecule has 0 radical (unpaired) electrons. The maximum Gasteiger partial charge on any atom is 0.416 e. The van der Waals surface area contributed by atoms with Crippen LogP contribution in [0.1, 0.15) is 18.4 Å². The fraction of sp³-hybridized carbons (Fsp3) is 0.235. The van der Waals surface area contributed by atoms with Gasteiger partial charge in [0.15, 0.2) is 5.82 Å². The normalized spacial score (nSPS) is 18.1. The van der Waals surface area contributed by atoms with Crippen molar-refractivity contribution in [2.24, 2.45) is 0 Å². The van der Waals surface area contributed by atoms with Gasteiger partial charge in [-0.25, -0.2) is 9.78 Å². The summed E-state index contributed by atoms with van der Waals surface area (Å²) in [5, 5.41) is 0. The first-order valence-corrected chi connectivity index (χ1v) is 7.08. The zero-order chi connectivity index (χ0) is 15.2. The number of fused-ring (bicyclic) bond motifs is 1. The molecule has 2 aliphatic carbocycles. The van der Waals surface area contributed by atoms with Crippen molar-refractivity contribution < 1.29 is 9.53 Å². The lowest BCUT2D eigenvalue weighted by molar-refractivity contribution is 0.129. The van der Waals surface area contributed by atoms with Crippen LogP contribution >= 0.6 is 0 Å². The molecule has 1 saturated carbocycles. The van der Waals surface area contributed by atoms with Crippen LogP contribution in [0, 0.1) is 12.3 Å². The third-order valence-corrected chi connectivity index (χ3v) is 3.96. The lowest BCUT2D eigenvalue weighted by atomic mass is 10.2. The highest BCUT2D eigenvalue weighted by molar-refractivity contribution is 5.91. The summed E-state index contributed by atoms with van der Waals surface area (Å²) in [5.41, 5.74) is 3.00. The fourth-order valence-electron chi connectivity index (χ4n) is 2.46. The number of hydrogen-bond donors (Lipinski definition) is 0. The molecule has 4 aliphatic rings. The second-order valence-corrected chi connectivity index (χ2v) is 5.62. The van der Waals surface area contributed by atoms with Crippen molar-refractivity contribution in [1.29, 1.82) is 0 Å². The third kappa shape index (κ3) is 2.19. The van der Waals surface area contributed by atoms with E-state index in [-0.39, 0.29) is 11.7 Å². The number of nitrogens with zero attached hydrogens (tertiary/aromatic N) is 3. The summed E-state index contributed by atoms with van der Waals surface area (Å²) in [6.45, 7) is 0.567. The molecule has 1 aromatic heterocycles. The number of aromatic nitrogens is 2. The van der Waals surface area contributed by atoms with Crippen molar-refractivity contribution in [3.8, 4) is 23.5 Å². The van der Waals surface area contributed by atoms with E-state index < -0.39 is 0 Å². The van der Waals surface area contributed by atoms with E-state index in [0.717, 1.165) is 12.8 Å². The maximum atomic E-state index is 11.7. The number of pyridine rings is 2. The van der Waals surface area contributed by atoms with Crippen LogP contribution in [0.4, 0.5) is 10.6 Å². The van der Waals surface area contributed by atoms with Gasteiger partial charge in [-0.15, -0.1) is 6.42 Å². The summed E-state index contributed by atoms with van der Waals surface area (Å²) >= 11 is 0. The molecule has 5 nitrogen and oxygen atoms in total. The van der Waals surface area contributed by atoms with E-state index in [1.54, 1.807) is 18.3 Å². The van der Waals surface area contributed by atoms with Crippen LogP contribution in [0.3, 0.4) is 0 Å². The Labute approximate surface area is 128 Å². The van der Waals surface area contributed by atoms with Gasteiger partial charge in [-0.2, -0.15) is 0 Å². The molecule has 0 unspecified atom stereocenters. The van der Waals surface area contributed by atoms with Crippen LogP contribution in [0.2, 0.25) is 0 Å². The summed E-state index contributed by atoms with van der Waals surface area (Å²) in [4.78, 5) is 21.2. The van der Waals surface area contributed by atoms with E-state index in [1.165, 1.54) is 16.0 Å². The molecular weight excluding hydrogens is 278 g/mol. The van der Waals surface area contributed by atoms with Gasteiger partial charge in [0.2, 0.25) is 0 Å². The van der Waals surface area contributed by atoms with Crippen LogP contribution in [0.5, 0.6) is 0 Å². The van der Waals surface area contributed by atoms with Gasteiger partial charge in [-0.3, -0.25) is 9.88 Å². The van der Waals surface area contributed by atoms with E-state index >= 15 is 0 Å². The molecule has 3 heterocycles. The lowest BCUT2D eigenvalue weighted by Gasteiger charge is -2.12. The summed E-state index contributed by atoms with van der Waals surface area (Å²) in [6.07, 6.45) is 12.3. The first-order chi connectivity index (χ1) is 10.7. The average Bonchev–Trinajstić information content (AvgIpc) is 3.40. The second-order valence-electron chi connectivity index (χ2n) is 5.62. The largest absolute Gasteiger partial charge is 0.441 e. The molecule has 5 rings (SSSR count). The highest BCUT2D eigenvalue weighted by Gasteiger charge is 2.55. The van der Waals surface area contributed by atoms with Crippen molar-refractivity contribution in [3.63, 3.8) is 0 Å². The summed E-state index contributed by atoms with van der Waals surface area (Å²) < 4.78 is 5.30. The van der Waals surface area contributed by atoms with E-state index in [4.69, 9.17) is 11.2 Å². The van der Waals surface area contributed by atoms with Crippen molar-refractivity contribution in [2.45, 2.75) is 18.4 Å². The van der Waals surface area contributed by atoms with Crippen LogP contribution in [0.15, 0.2) is 36.8 Å². The number of rotatable bonds is 1. The van der Waals surface area contributed by atoms with E-state index in [2.05, 4.69) is 22.0 Å². The zero-order valence-corrected chi connectivity index (χ0v) is 11.8. The topological polar surface area (TPSA) is 55.3 Å². The highest BCUT2D eigenvalue weighted by Crippen LogP contribution is 2.45. The summed E-state index contributed by atoms with van der Waals surface area (Å²) in [7, 11) is 0. The Balaban J connectivity index is 0.000000172. The first-order valence-electron chi connectivity index (χ1n) is 7.08. The number of carbonyl (C=O) groups is 1. The van der Waals surface area contributed by atoms with Gasteiger partial charge in [0.1, 0.15) is 5.60 Å². The van der Waals surface area contributed by atoms with Crippen molar-refractivity contribution in [3.05, 3.63) is 42.4 Å². The molecular formula is C17H13N3O2. The maximum absolute atomic E-state index is 11.7. The van der Waals surface area contributed by atoms with E-state index in [0.29, 0.717) is 17.9 Å². The molecule has 5 heteroatoms. The number of hydrogen-bond acceptors (Lipinski definition) is 4. The minimum atomic E-state index is -0.340. The van der Waals surface area contributed by atoms with Crippen LogP contribution in [-0.4, -0.2) is 28.2 Å². The van der Waals surface area contributed by atoms with Crippen LogP contribution in [-0.2, 0) is 4.74 Å². The van der Waals surface area contributed by atoms with Gasteiger partial charge in [0, 0.05) is 29.7 Å². The monoisotopic (exact) mass is 291 g/mol. The molecule has 2 fully saturated rings. The summed E-state index contributed by atoms with van der Waals surface area (Å²) in [6, 6.07) is 5.63. The zero-order valence-electron chi connectivity index (χ0n) is 11.8. The van der Waals surface area contributed by atoms with Crippen molar-refractivity contribution in [2.75, 3.05) is 11.4 Å².